The number of carbonyl (C=O) groups excluding carboxylic acids is 1. The highest BCUT2D eigenvalue weighted by molar-refractivity contribution is 7.80. The number of piperidine rings is 1. The fourth-order valence-electron chi connectivity index (χ4n) is 2.47. The Morgan fingerprint density at radius 1 is 1.41 bits per heavy atom. The Labute approximate surface area is 136 Å². The van der Waals surface area contributed by atoms with Gasteiger partial charge in [-0.3, -0.25) is 4.79 Å². The normalized spacial score (nSPS) is 15.5. The third-order valence-corrected chi connectivity index (χ3v) is 4.13. The number of amides is 1. The van der Waals surface area contributed by atoms with E-state index in [0.29, 0.717) is 5.56 Å². The fourth-order valence-corrected chi connectivity index (χ4v) is 2.75. The molecule has 2 N–H and O–H groups in total. The molecule has 1 aromatic carbocycles. The molecule has 0 unspecified atom stereocenters. The number of rotatable bonds is 4. The fraction of sp³-hybridized carbons (Fsp3) is 0.500. The molecule has 0 saturated carbocycles. The van der Waals surface area contributed by atoms with E-state index in [1.807, 2.05) is 0 Å². The van der Waals surface area contributed by atoms with Gasteiger partial charge in [0.05, 0.1) is 0 Å². The largest absolute Gasteiger partial charge is 0.363 e. The molecule has 1 amide bonds. The van der Waals surface area contributed by atoms with Crippen LogP contribution in [0.25, 0.3) is 0 Å². The van der Waals surface area contributed by atoms with Gasteiger partial charge in [-0.1, -0.05) is 13.0 Å². The lowest BCUT2D eigenvalue weighted by Gasteiger charge is -2.34. The molecule has 120 valence electrons. The van der Waals surface area contributed by atoms with Gasteiger partial charge in [-0.15, -0.1) is 0 Å². The molecule has 6 heteroatoms. The van der Waals surface area contributed by atoms with E-state index in [1.54, 1.807) is 12.1 Å². The predicted octanol–water partition coefficient (Wildman–Crippen LogP) is 2.30. The molecule has 1 aliphatic rings. The second-order valence-electron chi connectivity index (χ2n) is 5.48. The monoisotopic (exact) mass is 323 g/mol. The molecule has 1 saturated heterocycles. The van der Waals surface area contributed by atoms with Crippen LogP contribution in [-0.4, -0.2) is 41.6 Å². The Morgan fingerprint density at radius 3 is 2.77 bits per heavy atom. The lowest BCUT2D eigenvalue weighted by molar-refractivity contribution is 0.0922. The smallest absolute Gasteiger partial charge is 0.251 e. The van der Waals surface area contributed by atoms with E-state index >= 15 is 0 Å². The minimum absolute atomic E-state index is 0.112. The van der Waals surface area contributed by atoms with Gasteiger partial charge < -0.3 is 15.5 Å². The summed E-state index contributed by atoms with van der Waals surface area (Å²) in [5, 5.41) is 6.98. The number of thiocarbonyl (C=S) groups is 1. The van der Waals surface area contributed by atoms with Crippen molar-refractivity contribution in [3.8, 4) is 0 Å². The molecular weight excluding hydrogens is 301 g/mol. The average molecular weight is 323 g/mol. The van der Waals surface area contributed by atoms with E-state index in [-0.39, 0.29) is 11.9 Å². The molecule has 1 aromatic rings. The first-order valence-electron chi connectivity index (χ1n) is 7.69. The Kier molecular flexibility index (Phi) is 6.12. The highest BCUT2D eigenvalue weighted by Gasteiger charge is 2.22. The van der Waals surface area contributed by atoms with Crippen molar-refractivity contribution < 1.29 is 9.18 Å². The van der Waals surface area contributed by atoms with E-state index in [4.69, 9.17) is 12.2 Å². The van der Waals surface area contributed by atoms with Crippen molar-refractivity contribution in [2.45, 2.75) is 32.2 Å². The third kappa shape index (κ3) is 4.66. The standard InChI is InChI=1S/C16H22FN3OS/c1-2-8-18-16(22)20-9-6-14(7-10-20)19-15(21)12-4-3-5-13(17)11-12/h3-5,11,14H,2,6-10H2,1H3,(H,18,22)(H,19,21). The second-order valence-corrected chi connectivity index (χ2v) is 5.86. The summed E-state index contributed by atoms with van der Waals surface area (Å²) >= 11 is 5.34. The molecule has 4 nitrogen and oxygen atoms in total. The van der Waals surface area contributed by atoms with Crippen molar-refractivity contribution in [3.05, 3.63) is 35.6 Å². The lowest BCUT2D eigenvalue weighted by atomic mass is 10.0. The number of hydrogen-bond acceptors (Lipinski definition) is 2. The van der Waals surface area contributed by atoms with Crippen LogP contribution in [0.5, 0.6) is 0 Å². The zero-order chi connectivity index (χ0) is 15.9. The molecule has 22 heavy (non-hydrogen) atoms. The maximum Gasteiger partial charge on any atom is 0.251 e. The van der Waals surface area contributed by atoms with Crippen molar-refractivity contribution in [1.82, 2.24) is 15.5 Å². The summed E-state index contributed by atoms with van der Waals surface area (Å²) < 4.78 is 13.1. The highest BCUT2D eigenvalue weighted by atomic mass is 32.1. The van der Waals surface area contributed by atoms with Crippen LogP contribution < -0.4 is 10.6 Å². The topological polar surface area (TPSA) is 44.4 Å². The lowest BCUT2D eigenvalue weighted by Crippen LogP contribution is -2.49. The summed E-state index contributed by atoms with van der Waals surface area (Å²) in [4.78, 5) is 14.2. The van der Waals surface area contributed by atoms with Gasteiger partial charge in [0.1, 0.15) is 5.82 Å². The Bertz CT molecular complexity index is 530. The van der Waals surface area contributed by atoms with Gasteiger partial charge in [0, 0.05) is 31.2 Å². The molecule has 0 radical (unpaired) electrons. The summed E-state index contributed by atoms with van der Waals surface area (Å²) in [5.74, 6) is -0.612. The number of likely N-dealkylation sites (tertiary alicyclic amines) is 1. The summed E-state index contributed by atoms with van der Waals surface area (Å²) in [6, 6.07) is 5.87. The minimum atomic E-state index is -0.394. The first kappa shape index (κ1) is 16.7. The quantitative estimate of drug-likeness (QED) is 0.835. The summed E-state index contributed by atoms with van der Waals surface area (Å²) in [6.07, 6.45) is 2.73. The predicted molar refractivity (Wildman–Crippen MR) is 89.4 cm³/mol. The van der Waals surface area contributed by atoms with Crippen LogP contribution in [0.1, 0.15) is 36.5 Å². The van der Waals surface area contributed by atoms with Crippen molar-refractivity contribution in [3.63, 3.8) is 0 Å². The van der Waals surface area contributed by atoms with Gasteiger partial charge in [0.25, 0.3) is 5.91 Å². The van der Waals surface area contributed by atoms with Crippen LogP contribution in [0.3, 0.4) is 0 Å². The van der Waals surface area contributed by atoms with Gasteiger partial charge in [-0.05, 0) is 49.7 Å². The maximum atomic E-state index is 13.1. The number of nitrogens with one attached hydrogen (secondary N) is 2. The second kappa shape index (κ2) is 8.08. The van der Waals surface area contributed by atoms with Crippen molar-refractivity contribution in [2.24, 2.45) is 0 Å². The van der Waals surface area contributed by atoms with Crippen LogP contribution in [0.4, 0.5) is 4.39 Å². The Morgan fingerprint density at radius 2 is 2.14 bits per heavy atom. The average Bonchev–Trinajstić information content (AvgIpc) is 2.53. The molecular formula is C16H22FN3OS. The van der Waals surface area contributed by atoms with Crippen molar-refractivity contribution in [2.75, 3.05) is 19.6 Å². The van der Waals surface area contributed by atoms with Gasteiger partial charge in [-0.25, -0.2) is 4.39 Å². The summed E-state index contributed by atoms with van der Waals surface area (Å²) in [7, 11) is 0. The first-order chi connectivity index (χ1) is 10.6. The highest BCUT2D eigenvalue weighted by Crippen LogP contribution is 2.12. The molecule has 0 aromatic heterocycles. The molecule has 0 atom stereocenters. The molecule has 0 bridgehead atoms. The van der Waals surface area contributed by atoms with Crippen molar-refractivity contribution >= 4 is 23.2 Å². The molecule has 0 spiro atoms. The molecule has 1 aliphatic heterocycles. The van der Waals surface area contributed by atoms with E-state index in [1.165, 1.54) is 12.1 Å². The van der Waals surface area contributed by atoms with Crippen LogP contribution >= 0.6 is 12.2 Å². The Hall–Kier alpha value is -1.69. The third-order valence-electron chi connectivity index (χ3n) is 3.73. The number of benzene rings is 1. The summed E-state index contributed by atoms with van der Waals surface area (Å²) in [6.45, 7) is 4.63. The van der Waals surface area contributed by atoms with E-state index in [0.717, 1.165) is 44.0 Å². The van der Waals surface area contributed by atoms with Gasteiger partial charge >= 0.3 is 0 Å². The number of halogens is 1. The first-order valence-corrected chi connectivity index (χ1v) is 8.10. The van der Waals surface area contributed by atoms with Crippen LogP contribution in [-0.2, 0) is 0 Å². The Balaban J connectivity index is 1.80. The minimum Gasteiger partial charge on any atom is -0.363 e. The molecule has 1 heterocycles. The van der Waals surface area contributed by atoms with Crippen LogP contribution in [0.15, 0.2) is 24.3 Å². The van der Waals surface area contributed by atoms with E-state index < -0.39 is 5.82 Å². The molecule has 1 fully saturated rings. The molecule has 0 aliphatic carbocycles. The van der Waals surface area contributed by atoms with Gasteiger partial charge in [0.2, 0.25) is 0 Å². The zero-order valence-corrected chi connectivity index (χ0v) is 13.6. The van der Waals surface area contributed by atoms with Crippen molar-refractivity contribution in [1.29, 1.82) is 0 Å². The maximum absolute atomic E-state index is 13.1. The SMILES string of the molecule is CCCNC(=S)N1CCC(NC(=O)c2cccc(F)c2)CC1. The van der Waals surface area contributed by atoms with Gasteiger partial charge in [-0.2, -0.15) is 0 Å². The number of carbonyl (C=O) groups is 1. The van der Waals surface area contributed by atoms with Crippen LogP contribution in [0, 0.1) is 5.82 Å². The van der Waals surface area contributed by atoms with E-state index in [9.17, 15) is 9.18 Å². The van der Waals surface area contributed by atoms with Crippen LogP contribution in [0.2, 0.25) is 0 Å². The van der Waals surface area contributed by atoms with Gasteiger partial charge in [0.15, 0.2) is 5.11 Å². The zero-order valence-electron chi connectivity index (χ0n) is 12.8. The number of hydrogen-bond donors (Lipinski definition) is 2. The molecule has 2 rings (SSSR count). The number of nitrogens with zero attached hydrogens (tertiary/aromatic N) is 1. The van der Waals surface area contributed by atoms with E-state index in [2.05, 4.69) is 22.5 Å². The summed E-state index contributed by atoms with van der Waals surface area (Å²) in [5.41, 5.74) is 0.363.